The van der Waals surface area contributed by atoms with Gasteiger partial charge >= 0.3 is 5.97 Å². The van der Waals surface area contributed by atoms with E-state index in [1.54, 1.807) is 67.0 Å². The van der Waals surface area contributed by atoms with Gasteiger partial charge in [-0.25, -0.2) is 19.9 Å². The Balaban J connectivity index is 0.000000171. The number of piperidine rings is 1. The number of hydrogen-bond donors (Lipinski definition) is 7. The lowest BCUT2D eigenvalue weighted by atomic mass is 9.95. The van der Waals surface area contributed by atoms with Crippen molar-refractivity contribution in [3.8, 4) is 23.0 Å². The fourth-order valence-corrected chi connectivity index (χ4v) is 11.9. The number of amides is 3. The number of rotatable bonds is 20. The molecule has 22 nitrogen and oxygen atoms in total. The van der Waals surface area contributed by atoms with Gasteiger partial charge in [0.1, 0.15) is 33.8 Å². The first-order valence-electron chi connectivity index (χ1n) is 29.2. The lowest BCUT2D eigenvalue weighted by Gasteiger charge is -2.33. The van der Waals surface area contributed by atoms with Crippen LogP contribution in [0.1, 0.15) is 91.3 Å². The Bertz CT molecular complexity index is 3870. The molecule has 24 heteroatoms. The fourth-order valence-electron chi connectivity index (χ4n) is 10.2. The molecule has 2 aliphatic rings. The van der Waals surface area contributed by atoms with E-state index in [1.807, 2.05) is 92.6 Å². The van der Waals surface area contributed by atoms with Gasteiger partial charge in [-0.1, -0.05) is 66.2 Å². The first-order valence-corrected chi connectivity index (χ1v) is 30.8. The van der Waals surface area contributed by atoms with Gasteiger partial charge in [0.25, 0.3) is 11.8 Å². The summed E-state index contributed by atoms with van der Waals surface area (Å²) in [6, 6.07) is 33.7. The molecule has 6 aromatic heterocycles. The maximum Gasteiger partial charge on any atom is 0.303 e. The Kier molecular flexibility index (Phi) is 20.6. The summed E-state index contributed by atoms with van der Waals surface area (Å²) in [5, 5.41) is 38.7. The van der Waals surface area contributed by atoms with Crippen LogP contribution < -0.4 is 30.7 Å². The highest BCUT2D eigenvalue weighted by Crippen LogP contribution is 2.37. The normalized spacial score (nSPS) is 14.3. The minimum Gasteiger partial charge on any atom is -0.481 e. The molecule has 0 bridgehead atoms. The second-order valence-electron chi connectivity index (χ2n) is 21.9. The van der Waals surface area contributed by atoms with Crippen LogP contribution in [0, 0.1) is 0 Å². The van der Waals surface area contributed by atoms with E-state index in [1.165, 1.54) is 41.9 Å². The second-order valence-corrected chi connectivity index (χ2v) is 23.9. The molecule has 2 fully saturated rings. The minimum atomic E-state index is -0.711. The van der Waals surface area contributed by atoms with E-state index in [0.717, 1.165) is 95.2 Å². The third-order valence-corrected chi connectivity index (χ3v) is 16.5. The van der Waals surface area contributed by atoms with Crippen molar-refractivity contribution in [1.82, 2.24) is 55.0 Å². The molecule has 452 valence electrons. The summed E-state index contributed by atoms with van der Waals surface area (Å²) in [4.78, 5) is 72.1. The van der Waals surface area contributed by atoms with E-state index in [-0.39, 0.29) is 30.2 Å². The molecule has 10 aromatic rings. The Morgan fingerprint density at radius 2 is 1.07 bits per heavy atom. The van der Waals surface area contributed by atoms with Crippen molar-refractivity contribution in [3.05, 3.63) is 133 Å². The summed E-state index contributed by atoms with van der Waals surface area (Å²) in [6.07, 6.45) is 13.7. The number of H-pyrrole nitrogens is 2. The first-order chi connectivity index (χ1) is 42.3. The number of carboxylic acids is 1. The van der Waals surface area contributed by atoms with Crippen LogP contribution in [0.2, 0.25) is 0 Å². The van der Waals surface area contributed by atoms with Gasteiger partial charge < -0.3 is 39.9 Å². The number of carbonyl (C=O) groups excluding carboxylic acids is 3. The molecule has 12 rings (SSSR count). The Labute approximate surface area is 511 Å². The molecular formula is C63H71N15O7S2. The van der Waals surface area contributed by atoms with E-state index in [0.29, 0.717) is 80.5 Å². The van der Waals surface area contributed by atoms with Gasteiger partial charge in [0.05, 0.1) is 20.4 Å². The number of thiazole rings is 2. The monoisotopic (exact) mass is 1210 g/mol. The lowest BCUT2D eigenvalue weighted by Crippen LogP contribution is -2.45. The van der Waals surface area contributed by atoms with Gasteiger partial charge in [0.15, 0.2) is 33.2 Å². The van der Waals surface area contributed by atoms with Crippen molar-refractivity contribution in [3.63, 3.8) is 0 Å². The van der Waals surface area contributed by atoms with Gasteiger partial charge in [-0.15, -0.1) is 0 Å². The van der Waals surface area contributed by atoms with E-state index in [4.69, 9.17) is 14.6 Å². The third-order valence-electron chi connectivity index (χ3n) is 14.6. The SMILES string of the molecule is CN(C)CCCC(=O)N1CCC[C@@H](Nc2n[nH]c3nccc(Oc4ccc(C(=O)Nc5nc6ccccc6s5)cc4)c23)C1.CN(C)CCCC(=O)O.O=C(Nc1nc2ccccc2s1)c1ccc(Oc2ccnc3[nH]nc(NC4CCCCC4)c23)cc1. The van der Waals surface area contributed by atoms with Crippen LogP contribution in [-0.2, 0) is 9.59 Å². The number of anilines is 4. The zero-order valence-electron chi connectivity index (χ0n) is 49.0. The third kappa shape index (κ3) is 16.7. The molecule has 3 amide bonds. The van der Waals surface area contributed by atoms with E-state index < -0.39 is 5.97 Å². The number of nitrogens with zero attached hydrogens (tertiary/aromatic N) is 9. The van der Waals surface area contributed by atoms with E-state index in [2.05, 4.69) is 66.5 Å². The average molecular weight is 1210 g/mol. The molecule has 4 aromatic carbocycles. The maximum atomic E-state index is 12.8. The number of carboxylic acid groups (broad SMARTS) is 1. The molecule has 1 aliphatic heterocycles. The van der Waals surface area contributed by atoms with Crippen LogP contribution in [0.25, 0.3) is 42.5 Å². The van der Waals surface area contributed by atoms with Crippen molar-refractivity contribution >= 4 is 111 Å². The van der Waals surface area contributed by atoms with Crippen LogP contribution in [0.3, 0.4) is 0 Å². The number of fused-ring (bicyclic) bond motifs is 4. The van der Waals surface area contributed by atoms with Crippen molar-refractivity contribution in [1.29, 1.82) is 0 Å². The fraction of sp³-hybridized carbons (Fsp3) is 0.333. The largest absolute Gasteiger partial charge is 0.481 e. The van der Waals surface area contributed by atoms with Crippen LogP contribution in [0.4, 0.5) is 21.9 Å². The molecule has 1 saturated heterocycles. The van der Waals surface area contributed by atoms with Crippen molar-refractivity contribution in [2.45, 2.75) is 82.7 Å². The molecule has 1 atom stereocenters. The van der Waals surface area contributed by atoms with Gasteiger partial charge in [0.2, 0.25) is 5.91 Å². The van der Waals surface area contributed by atoms with Crippen LogP contribution in [-0.4, -0.2) is 150 Å². The zero-order chi connectivity index (χ0) is 60.7. The Morgan fingerprint density at radius 3 is 1.55 bits per heavy atom. The quantitative estimate of drug-likeness (QED) is 0.0374. The van der Waals surface area contributed by atoms with Gasteiger partial charge in [-0.2, -0.15) is 10.2 Å². The summed E-state index contributed by atoms with van der Waals surface area (Å²) < 4.78 is 14.5. The summed E-state index contributed by atoms with van der Waals surface area (Å²) >= 11 is 2.89. The number of aliphatic carboxylic acids is 1. The standard InChI is InChI=1S/C31H34N8O3S.C26H24N6O2S.C6H13NO2/c1-38(2)17-6-10-26(40)39-18-5-7-21(19-39)33-29-27-24(15-16-32-28(27)36-37-29)42-22-13-11-20(12-14-22)30(41)35-31-34-23-8-3-4-9-25(23)43-31;33-25(30-26-29-19-8-4-5-9-21(19)35-26)16-10-12-18(13-11-16)34-20-14-15-27-23-22(20)24(32-31-23)28-17-6-2-1-3-7-17;1-7(2)5-3-4-6(8)9/h3-4,8-9,11-16,21H,5-7,10,17-19H2,1-2H3,(H,34,35,41)(H2,32,33,36,37);4-5,8-15,17H,1-3,6-7H2,(H,29,30,33)(H2,27,28,31,32);3-5H2,1-2H3,(H,8,9)/t21-;;/m1../s1. The summed E-state index contributed by atoms with van der Waals surface area (Å²) in [7, 11) is 7.91. The number of carbonyl (C=O) groups is 4. The van der Waals surface area contributed by atoms with Crippen LogP contribution in [0.15, 0.2) is 122 Å². The number of aromatic amines is 2. The number of ether oxygens (including phenoxy) is 2. The van der Waals surface area contributed by atoms with Gasteiger partial charge in [-0.3, -0.25) is 40.0 Å². The summed E-state index contributed by atoms with van der Waals surface area (Å²) in [5.74, 6) is 2.88. The molecule has 7 heterocycles. The average Bonchev–Trinajstić information content (AvgIpc) is 3.14. The summed E-state index contributed by atoms with van der Waals surface area (Å²) in [5.41, 5.74) is 4.02. The number of nitrogens with one attached hydrogen (secondary N) is 6. The second kappa shape index (κ2) is 29.3. The van der Waals surface area contributed by atoms with Crippen LogP contribution in [0.5, 0.6) is 23.0 Å². The first kappa shape index (κ1) is 61.0. The van der Waals surface area contributed by atoms with E-state index >= 15 is 0 Å². The van der Waals surface area contributed by atoms with E-state index in [9.17, 15) is 19.2 Å². The number of benzene rings is 4. The summed E-state index contributed by atoms with van der Waals surface area (Å²) in [6.45, 7) is 3.17. The molecule has 0 unspecified atom stereocenters. The number of para-hydroxylation sites is 2. The number of hydrogen-bond acceptors (Lipinski definition) is 18. The smallest absolute Gasteiger partial charge is 0.303 e. The van der Waals surface area contributed by atoms with Gasteiger partial charge in [0, 0.05) is 73.7 Å². The minimum absolute atomic E-state index is 0.0688. The highest BCUT2D eigenvalue weighted by Gasteiger charge is 2.26. The van der Waals surface area contributed by atoms with Crippen molar-refractivity contribution < 1.29 is 33.8 Å². The highest BCUT2D eigenvalue weighted by molar-refractivity contribution is 7.22. The predicted octanol–water partition coefficient (Wildman–Crippen LogP) is 12.1. The molecule has 0 radical (unpaired) electrons. The number of pyridine rings is 2. The molecule has 1 saturated carbocycles. The lowest BCUT2D eigenvalue weighted by molar-refractivity contribution is -0.137. The van der Waals surface area contributed by atoms with Crippen LogP contribution >= 0.6 is 22.7 Å². The molecular weight excluding hydrogens is 1140 g/mol. The number of likely N-dealkylation sites (tertiary alicyclic amines) is 1. The molecule has 7 N–H and O–H groups in total. The Morgan fingerprint density at radius 1 is 0.598 bits per heavy atom. The molecule has 1 aliphatic carbocycles. The maximum absolute atomic E-state index is 12.8. The van der Waals surface area contributed by atoms with Crippen molar-refractivity contribution in [2.24, 2.45) is 0 Å². The topological polar surface area (TPSA) is 274 Å². The Hall–Kier alpha value is -9.10. The zero-order valence-corrected chi connectivity index (χ0v) is 50.7. The van der Waals surface area contributed by atoms with Crippen molar-refractivity contribution in [2.75, 3.05) is 75.6 Å². The number of aromatic nitrogens is 8. The molecule has 87 heavy (non-hydrogen) atoms. The molecule has 0 spiro atoms. The predicted molar refractivity (Wildman–Crippen MR) is 343 cm³/mol. The highest BCUT2D eigenvalue weighted by atomic mass is 32.1. The van der Waals surface area contributed by atoms with Gasteiger partial charge in [-0.05, 0) is 153 Å².